The van der Waals surface area contributed by atoms with Crippen molar-refractivity contribution in [3.63, 3.8) is 0 Å². The predicted octanol–water partition coefficient (Wildman–Crippen LogP) is 14.6. The van der Waals surface area contributed by atoms with Crippen molar-refractivity contribution in [2.45, 2.75) is 49.4 Å². The summed E-state index contributed by atoms with van der Waals surface area (Å²) in [5.74, 6) is 6.50. The molecule has 0 atom stereocenters. The van der Waals surface area contributed by atoms with Crippen molar-refractivity contribution < 1.29 is 4.74 Å². The Morgan fingerprint density at radius 3 is 1.59 bits per heavy atom. The third kappa shape index (κ3) is 5.32. The van der Waals surface area contributed by atoms with Crippen LogP contribution in [-0.4, -0.2) is 15.0 Å². The summed E-state index contributed by atoms with van der Waals surface area (Å²) in [6.45, 7) is 0. The minimum atomic E-state index is -0.561. The van der Waals surface area contributed by atoms with Gasteiger partial charge in [-0.15, -0.1) is 0 Å². The lowest BCUT2D eigenvalue weighted by molar-refractivity contribution is -0.00518. The first-order chi connectivity index (χ1) is 31.6. The molecule has 0 radical (unpaired) electrons. The maximum Gasteiger partial charge on any atom is 0.164 e. The van der Waals surface area contributed by atoms with Gasteiger partial charge in [0, 0.05) is 27.8 Å². The molecule has 64 heavy (non-hydrogen) atoms. The van der Waals surface area contributed by atoms with Gasteiger partial charge in [0.1, 0.15) is 11.5 Å². The second-order valence-corrected chi connectivity index (χ2v) is 19.3. The molecule has 4 nitrogen and oxygen atoms in total. The van der Waals surface area contributed by atoms with E-state index in [0.29, 0.717) is 22.9 Å². The molecule has 6 aliphatic rings. The lowest BCUT2D eigenvalue weighted by Gasteiger charge is -2.57. The largest absolute Gasteiger partial charge is 0.457 e. The van der Waals surface area contributed by atoms with Crippen LogP contribution in [0.15, 0.2) is 182 Å². The number of para-hydroxylation sites is 2. The van der Waals surface area contributed by atoms with E-state index >= 15 is 0 Å². The summed E-state index contributed by atoms with van der Waals surface area (Å²) in [6, 6.07) is 66.1. The second-order valence-electron chi connectivity index (χ2n) is 19.3. The van der Waals surface area contributed by atoms with Crippen molar-refractivity contribution >= 4 is 10.8 Å². The maximum absolute atomic E-state index is 6.64. The highest BCUT2D eigenvalue weighted by atomic mass is 16.5. The van der Waals surface area contributed by atoms with Gasteiger partial charge in [0.2, 0.25) is 0 Å². The van der Waals surface area contributed by atoms with Crippen molar-refractivity contribution in [1.29, 1.82) is 0 Å². The summed E-state index contributed by atoms with van der Waals surface area (Å²) in [6.07, 6.45) is 8.38. The Hall–Kier alpha value is -7.17. The molecular formula is C60H45N3O. The van der Waals surface area contributed by atoms with Crippen LogP contribution in [0, 0.1) is 17.8 Å². The van der Waals surface area contributed by atoms with Crippen LogP contribution in [0.3, 0.4) is 0 Å². The summed E-state index contributed by atoms with van der Waals surface area (Å²) < 4.78 is 6.64. The van der Waals surface area contributed by atoms with Crippen molar-refractivity contribution in [1.82, 2.24) is 15.0 Å². The third-order valence-electron chi connectivity index (χ3n) is 15.8. The number of hydrogen-bond donors (Lipinski definition) is 0. The lowest BCUT2D eigenvalue weighted by atomic mass is 9.48. The molecule has 4 saturated carbocycles. The van der Waals surface area contributed by atoms with E-state index in [1.54, 1.807) is 0 Å². The van der Waals surface area contributed by atoms with Crippen molar-refractivity contribution in [3.8, 4) is 67.9 Å². The van der Waals surface area contributed by atoms with Crippen LogP contribution in [0.4, 0.5) is 0 Å². The van der Waals surface area contributed by atoms with Gasteiger partial charge in [-0.1, -0.05) is 158 Å². The third-order valence-corrected chi connectivity index (χ3v) is 15.8. The van der Waals surface area contributed by atoms with Gasteiger partial charge in [-0.3, -0.25) is 0 Å². The first-order valence-corrected chi connectivity index (χ1v) is 23.2. The van der Waals surface area contributed by atoms with Crippen LogP contribution < -0.4 is 4.74 Å². The quantitative estimate of drug-likeness (QED) is 0.173. The van der Waals surface area contributed by atoms with Crippen LogP contribution in [0.5, 0.6) is 11.5 Å². The number of aromatic nitrogens is 3. The highest BCUT2D eigenvalue weighted by molar-refractivity contribution is 5.92. The molecule has 2 heterocycles. The van der Waals surface area contributed by atoms with E-state index < -0.39 is 5.41 Å². The topological polar surface area (TPSA) is 47.9 Å². The molecule has 1 aromatic heterocycles. The van der Waals surface area contributed by atoms with E-state index in [4.69, 9.17) is 19.7 Å². The molecular weight excluding hydrogens is 779 g/mol. The van der Waals surface area contributed by atoms with E-state index in [1.807, 2.05) is 0 Å². The molecule has 1 aliphatic heterocycles. The lowest BCUT2D eigenvalue weighted by Crippen LogP contribution is -2.48. The van der Waals surface area contributed by atoms with Crippen LogP contribution in [0.1, 0.15) is 66.3 Å². The van der Waals surface area contributed by atoms with Gasteiger partial charge in [-0.25, -0.2) is 15.0 Å². The summed E-state index contributed by atoms with van der Waals surface area (Å²) in [4.78, 5) is 16.0. The number of fused-ring (bicyclic) bond motifs is 10. The molecule has 0 unspecified atom stereocenters. The zero-order valence-corrected chi connectivity index (χ0v) is 35.5. The minimum Gasteiger partial charge on any atom is -0.457 e. The zero-order valence-electron chi connectivity index (χ0n) is 35.5. The van der Waals surface area contributed by atoms with Gasteiger partial charge in [0.05, 0.1) is 5.41 Å². The van der Waals surface area contributed by atoms with Crippen molar-refractivity contribution in [2.75, 3.05) is 0 Å². The highest BCUT2D eigenvalue weighted by Crippen LogP contribution is 2.63. The van der Waals surface area contributed by atoms with Gasteiger partial charge >= 0.3 is 0 Å². The number of benzene rings is 8. The maximum atomic E-state index is 6.64. The zero-order chi connectivity index (χ0) is 42.0. The van der Waals surface area contributed by atoms with E-state index in [9.17, 15) is 0 Å². The number of rotatable bonds is 5. The van der Waals surface area contributed by atoms with Crippen LogP contribution in [0.2, 0.25) is 0 Å². The van der Waals surface area contributed by atoms with Crippen molar-refractivity contribution in [3.05, 3.63) is 210 Å². The Labute approximate surface area is 373 Å². The number of hydrogen-bond acceptors (Lipinski definition) is 4. The second kappa shape index (κ2) is 13.7. The average Bonchev–Trinajstić information content (AvgIpc) is 3.63. The van der Waals surface area contributed by atoms with Gasteiger partial charge in [0.15, 0.2) is 17.5 Å². The molecule has 4 heteroatoms. The molecule has 4 bridgehead atoms. The fraction of sp³-hybridized carbons (Fsp3) is 0.183. The molecule has 306 valence electrons. The van der Waals surface area contributed by atoms with Crippen LogP contribution in [-0.2, 0) is 10.8 Å². The standard InChI is InChI=1S/C60H45N3O/c1-2-12-42-32-44(22-21-40(42)11-1)57-61-56(41-23-26-45(27-24-41)59-34-37-29-38(35-59)31-39(30-37)36-59)62-58(63-57)49-15-4-3-13-46(49)43-25-28-48-47-14-5-6-16-50(47)60(53(48)33-43)51-17-7-9-19-54(51)64-55-20-10-8-18-52(55)60/h1-28,32-33,37-39H,29-31,34-36H2/t37-,38-,39?,59?/m1/s1. The van der Waals surface area contributed by atoms with E-state index in [1.165, 1.54) is 71.7 Å². The summed E-state index contributed by atoms with van der Waals surface area (Å²) in [7, 11) is 0. The fourth-order valence-corrected chi connectivity index (χ4v) is 13.5. The number of ether oxygens (including phenoxy) is 1. The van der Waals surface area contributed by atoms with E-state index in [-0.39, 0.29) is 0 Å². The Morgan fingerprint density at radius 1 is 0.375 bits per heavy atom. The van der Waals surface area contributed by atoms with Crippen LogP contribution in [0.25, 0.3) is 67.2 Å². The van der Waals surface area contributed by atoms with Gasteiger partial charge < -0.3 is 4.74 Å². The van der Waals surface area contributed by atoms with Gasteiger partial charge in [-0.2, -0.15) is 0 Å². The Bertz CT molecular complexity index is 3290. The molecule has 8 aromatic carbocycles. The SMILES string of the molecule is c1ccc2c(c1)Oc1ccccc1C21c2ccccc2-c2ccc(-c3ccccc3-c3nc(-c4ccc(C56CC7C[C@H](C5)C[C@H](C7)C6)cc4)nc(-c4ccc5ccccc5c4)n3)cc21. The Morgan fingerprint density at radius 2 is 0.891 bits per heavy atom. The molecule has 0 saturated heterocycles. The van der Waals surface area contributed by atoms with Crippen LogP contribution >= 0.6 is 0 Å². The summed E-state index contributed by atoms with van der Waals surface area (Å²) in [5, 5.41) is 2.35. The smallest absolute Gasteiger partial charge is 0.164 e. The fourth-order valence-electron chi connectivity index (χ4n) is 13.5. The molecule has 0 amide bonds. The number of nitrogens with zero attached hydrogens (tertiary/aromatic N) is 3. The molecule has 0 N–H and O–H groups in total. The summed E-state index contributed by atoms with van der Waals surface area (Å²) in [5.41, 5.74) is 13.7. The van der Waals surface area contributed by atoms with E-state index in [0.717, 1.165) is 73.6 Å². The first-order valence-electron chi connectivity index (χ1n) is 23.2. The minimum absolute atomic E-state index is 0.331. The van der Waals surface area contributed by atoms with Crippen molar-refractivity contribution in [2.24, 2.45) is 17.8 Å². The Balaban J connectivity index is 0.935. The molecule has 15 rings (SSSR count). The van der Waals surface area contributed by atoms with Gasteiger partial charge in [0.25, 0.3) is 0 Å². The Kier molecular flexibility index (Phi) is 7.76. The predicted molar refractivity (Wildman–Crippen MR) is 256 cm³/mol. The van der Waals surface area contributed by atoms with E-state index in [2.05, 4.69) is 182 Å². The normalized spacial score (nSPS) is 21.5. The molecule has 4 fully saturated rings. The first kappa shape index (κ1) is 36.3. The molecule has 5 aliphatic carbocycles. The molecule has 9 aromatic rings. The monoisotopic (exact) mass is 823 g/mol. The van der Waals surface area contributed by atoms with Gasteiger partial charge in [-0.05, 0) is 136 Å². The molecule has 1 spiro atoms. The summed E-state index contributed by atoms with van der Waals surface area (Å²) >= 11 is 0. The average molecular weight is 824 g/mol. The highest BCUT2D eigenvalue weighted by Gasteiger charge is 2.52.